The molecule has 0 atom stereocenters. The van der Waals surface area contributed by atoms with Crippen molar-refractivity contribution in [3.63, 3.8) is 0 Å². The number of carbonyl (C=O) groups excluding carboxylic acids is 3. The monoisotopic (exact) mass is 419 g/mol. The lowest BCUT2D eigenvalue weighted by molar-refractivity contribution is -0.143. The number of rotatable bonds is 9. The van der Waals surface area contributed by atoms with Crippen LogP contribution in [0, 0.1) is 0 Å². The largest absolute Gasteiger partial charge is 0.461 e. The fraction of sp³-hybridized carbons (Fsp3) is 0.125. The standard InChI is InChI=1S/C24H21NO6/c26-22(29-15-16-30-24(28)19-7-3-1-4-8-19)17-25-23(27)18-11-13-21(14-12-18)31-20-9-5-2-6-10-20/h1-14H,15-17H2,(H,25,27). The molecule has 0 unspecified atom stereocenters. The molecular weight excluding hydrogens is 398 g/mol. The minimum absolute atomic E-state index is 0.0731. The van der Waals surface area contributed by atoms with E-state index in [4.69, 9.17) is 14.2 Å². The highest BCUT2D eigenvalue weighted by atomic mass is 16.6. The fourth-order valence-corrected chi connectivity index (χ4v) is 2.55. The lowest BCUT2D eigenvalue weighted by Gasteiger charge is -2.08. The Morgan fingerprint density at radius 3 is 1.90 bits per heavy atom. The molecule has 0 fully saturated rings. The molecule has 158 valence electrons. The first-order valence-corrected chi connectivity index (χ1v) is 9.61. The number of ether oxygens (including phenoxy) is 3. The second kappa shape index (κ2) is 11.2. The molecule has 31 heavy (non-hydrogen) atoms. The van der Waals surface area contributed by atoms with E-state index in [0.29, 0.717) is 22.6 Å². The molecule has 3 rings (SSSR count). The Hall–Kier alpha value is -4.13. The van der Waals surface area contributed by atoms with Gasteiger partial charge < -0.3 is 19.5 Å². The van der Waals surface area contributed by atoms with Crippen LogP contribution in [0.4, 0.5) is 0 Å². The van der Waals surface area contributed by atoms with Crippen molar-refractivity contribution in [2.45, 2.75) is 0 Å². The Labute approximate surface area is 179 Å². The van der Waals surface area contributed by atoms with Crippen molar-refractivity contribution in [2.24, 2.45) is 0 Å². The Morgan fingerprint density at radius 2 is 1.23 bits per heavy atom. The quantitative estimate of drug-likeness (QED) is 0.421. The first kappa shape index (κ1) is 21.6. The average Bonchev–Trinajstić information content (AvgIpc) is 2.82. The predicted octanol–water partition coefficient (Wildman–Crippen LogP) is 3.61. The van der Waals surface area contributed by atoms with E-state index < -0.39 is 17.8 Å². The first-order valence-electron chi connectivity index (χ1n) is 9.61. The minimum atomic E-state index is -0.631. The summed E-state index contributed by atoms with van der Waals surface area (Å²) < 4.78 is 15.6. The van der Waals surface area contributed by atoms with Crippen LogP contribution in [0.3, 0.4) is 0 Å². The highest BCUT2D eigenvalue weighted by Gasteiger charge is 2.10. The van der Waals surface area contributed by atoms with Crippen LogP contribution in [0.25, 0.3) is 0 Å². The zero-order valence-corrected chi connectivity index (χ0v) is 16.7. The third-order valence-corrected chi connectivity index (χ3v) is 4.08. The van der Waals surface area contributed by atoms with E-state index in [2.05, 4.69) is 5.32 Å². The van der Waals surface area contributed by atoms with E-state index >= 15 is 0 Å². The van der Waals surface area contributed by atoms with Gasteiger partial charge in [0.1, 0.15) is 31.3 Å². The van der Waals surface area contributed by atoms with Crippen LogP contribution in [-0.4, -0.2) is 37.6 Å². The molecule has 0 radical (unpaired) electrons. The Bertz CT molecular complexity index is 1000. The van der Waals surface area contributed by atoms with Gasteiger partial charge in [0.05, 0.1) is 5.56 Å². The van der Waals surface area contributed by atoms with E-state index in [1.165, 1.54) is 0 Å². The van der Waals surface area contributed by atoms with Crippen molar-refractivity contribution in [2.75, 3.05) is 19.8 Å². The summed E-state index contributed by atoms with van der Waals surface area (Å²) in [6.45, 7) is -0.469. The van der Waals surface area contributed by atoms with E-state index in [1.54, 1.807) is 54.6 Å². The SMILES string of the molecule is O=C(CNC(=O)c1ccc(Oc2ccccc2)cc1)OCCOC(=O)c1ccccc1. The number of carbonyl (C=O) groups is 3. The summed E-state index contributed by atoms with van der Waals surface area (Å²) in [5.74, 6) is -0.263. The van der Waals surface area contributed by atoms with Crippen molar-refractivity contribution in [3.8, 4) is 11.5 Å². The van der Waals surface area contributed by atoms with Gasteiger partial charge in [-0.25, -0.2) is 4.79 Å². The van der Waals surface area contributed by atoms with Gasteiger partial charge in [-0.3, -0.25) is 9.59 Å². The lowest BCUT2D eigenvalue weighted by Crippen LogP contribution is -2.31. The average molecular weight is 419 g/mol. The molecule has 0 spiro atoms. The number of benzene rings is 3. The maximum atomic E-state index is 12.2. The van der Waals surface area contributed by atoms with E-state index in [1.807, 2.05) is 30.3 Å². The van der Waals surface area contributed by atoms with Gasteiger partial charge in [-0.05, 0) is 48.5 Å². The third kappa shape index (κ3) is 7.01. The molecule has 0 heterocycles. The van der Waals surface area contributed by atoms with Crippen LogP contribution in [0.2, 0.25) is 0 Å². The van der Waals surface area contributed by atoms with Crippen molar-refractivity contribution < 1.29 is 28.6 Å². The summed E-state index contributed by atoms with van der Waals surface area (Å²) in [7, 11) is 0. The maximum absolute atomic E-state index is 12.2. The van der Waals surface area contributed by atoms with Gasteiger partial charge in [0, 0.05) is 5.56 Å². The topological polar surface area (TPSA) is 90.9 Å². The Kier molecular flexibility index (Phi) is 7.77. The number of amides is 1. The Balaban J connectivity index is 1.35. The second-order valence-corrected chi connectivity index (χ2v) is 6.34. The van der Waals surface area contributed by atoms with Gasteiger partial charge in [0.15, 0.2) is 0 Å². The molecule has 0 aliphatic rings. The van der Waals surface area contributed by atoms with Crippen LogP contribution < -0.4 is 10.1 Å². The Morgan fingerprint density at radius 1 is 0.645 bits per heavy atom. The first-order chi connectivity index (χ1) is 15.1. The highest BCUT2D eigenvalue weighted by molar-refractivity contribution is 5.96. The van der Waals surface area contributed by atoms with Crippen LogP contribution in [-0.2, 0) is 14.3 Å². The molecule has 3 aromatic carbocycles. The maximum Gasteiger partial charge on any atom is 0.338 e. The number of hydrogen-bond donors (Lipinski definition) is 1. The fourth-order valence-electron chi connectivity index (χ4n) is 2.55. The smallest absolute Gasteiger partial charge is 0.338 e. The molecule has 7 heteroatoms. The number of hydrogen-bond acceptors (Lipinski definition) is 6. The zero-order chi connectivity index (χ0) is 21.9. The van der Waals surface area contributed by atoms with Gasteiger partial charge in [0.25, 0.3) is 5.91 Å². The van der Waals surface area contributed by atoms with Crippen LogP contribution in [0.5, 0.6) is 11.5 Å². The zero-order valence-electron chi connectivity index (χ0n) is 16.7. The molecule has 0 bridgehead atoms. The third-order valence-electron chi connectivity index (χ3n) is 4.08. The van der Waals surface area contributed by atoms with Gasteiger partial charge in [0.2, 0.25) is 0 Å². The van der Waals surface area contributed by atoms with E-state index in [9.17, 15) is 14.4 Å². The molecule has 0 saturated heterocycles. The molecule has 7 nitrogen and oxygen atoms in total. The molecule has 1 amide bonds. The van der Waals surface area contributed by atoms with Crippen LogP contribution in [0.1, 0.15) is 20.7 Å². The predicted molar refractivity (Wildman–Crippen MR) is 113 cm³/mol. The van der Waals surface area contributed by atoms with E-state index in [-0.39, 0.29) is 19.8 Å². The number of para-hydroxylation sites is 1. The molecule has 0 aliphatic heterocycles. The van der Waals surface area contributed by atoms with E-state index in [0.717, 1.165) is 0 Å². The number of nitrogens with one attached hydrogen (secondary N) is 1. The van der Waals surface area contributed by atoms with Gasteiger partial charge in [-0.1, -0.05) is 36.4 Å². The molecular formula is C24H21NO6. The summed E-state index contributed by atoms with van der Waals surface area (Å²) in [5.41, 5.74) is 0.797. The summed E-state index contributed by atoms with van der Waals surface area (Å²) in [4.78, 5) is 35.7. The van der Waals surface area contributed by atoms with Crippen molar-refractivity contribution in [1.29, 1.82) is 0 Å². The normalized spacial score (nSPS) is 10.1. The van der Waals surface area contributed by atoms with Gasteiger partial charge >= 0.3 is 11.9 Å². The molecule has 0 saturated carbocycles. The second-order valence-electron chi connectivity index (χ2n) is 6.34. The number of esters is 2. The molecule has 1 N–H and O–H groups in total. The van der Waals surface area contributed by atoms with Crippen molar-refractivity contribution >= 4 is 17.8 Å². The summed E-state index contributed by atoms with van der Waals surface area (Å²) >= 11 is 0. The summed E-state index contributed by atoms with van der Waals surface area (Å²) in [6, 6.07) is 24.3. The molecule has 0 aromatic heterocycles. The lowest BCUT2D eigenvalue weighted by atomic mass is 10.2. The molecule has 3 aromatic rings. The highest BCUT2D eigenvalue weighted by Crippen LogP contribution is 2.21. The summed E-state index contributed by atoms with van der Waals surface area (Å²) in [6.07, 6.45) is 0. The van der Waals surface area contributed by atoms with Crippen molar-refractivity contribution in [1.82, 2.24) is 5.32 Å². The molecule has 0 aliphatic carbocycles. The van der Waals surface area contributed by atoms with Crippen LogP contribution in [0.15, 0.2) is 84.9 Å². The van der Waals surface area contributed by atoms with Crippen molar-refractivity contribution in [3.05, 3.63) is 96.1 Å². The van der Waals surface area contributed by atoms with Crippen LogP contribution >= 0.6 is 0 Å². The minimum Gasteiger partial charge on any atom is -0.461 e. The van der Waals surface area contributed by atoms with Gasteiger partial charge in [-0.2, -0.15) is 0 Å². The summed E-state index contributed by atoms with van der Waals surface area (Å²) in [5, 5.41) is 2.48. The van der Waals surface area contributed by atoms with Gasteiger partial charge in [-0.15, -0.1) is 0 Å².